The number of esters is 1. The Morgan fingerprint density at radius 1 is 1.27 bits per heavy atom. The number of carbonyl (C=O) groups is 1. The van der Waals surface area contributed by atoms with E-state index in [2.05, 4.69) is 4.98 Å². The van der Waals surface area contributed by atoms with E-state index < -0.39 is 0 Å². The summed E-state index contributed by atoms with van der Waals surface area (Å²) in [6.45, 7) is 2.68. The lowest BCUT2D eigenvalue weighted by molar-refractivity contribution is 0.0526. The second-order valence-corrected chi connectivity index (χ2v) is 6.46. The second-order valence-electron chi connectivity index (χ2n) is 6.46. The lowest BCUT2D eigenvalue weighted by Crippen LogP contribution is -2.17. The summed E-state index contributed by atoms with van der Waals surface area (Å²) in [5.74, 6) is -0.248. The molecule has 0 aliphatic carbocycles. The molecule has 0 saturated carbocycles. The van der Waals surface area contributed by atoms with Gasteiger partial charge in [0, 0.05) is 48.1 Å². The van der Waals surface area contributed by atoms with Crippen LogP contribution in [0.3, 0.4) is 0 Å². The Bertz CT molecular complexity index is 946. The number of aromatic hydroxyl groups is 1. The summed E-state index contributed by atoms with van der Waals surface area (Å²) >= 11 is 0. The van der Waals surface area contributed by atoms with Crippen molar-refractivity contribution in [3.8, 4) is 16.9 Å². The number of fused-ring (bicyclic) bond motifs is 1. The van der Waals surface area contributed by atoms with Gasteiger partial charge in [-0.15, -0.1) is 0 Å². The van der Waals surface area contributed by atoms with Gasteiger partial charge in [-0.3, -0.25) is 4.98 Å². The quantitative estimate of drug-likeness (QED) is 0.714. The highest BCUT2D eigenvalue weighted by Gasteiger charge is 2.24. The molecule has 0 atom stereocenters. The van der Waals surface area contributed by atoms with Gasteiger partial charge < -0.3 is 19.3 Å². The van der Waals surface area contributed by atoms with Crippen LogP contribution in [0.4, 0.5) is 0 Å². The molecule has 2 aromatic heterocycles. The number of rotatable bonds is 5. The summed E-state index contributed by atoms with van der Waals surface area (Å²) in [5, 5.41) is 11.3. The molecule has 3 aromatic rings. The van der Waals surface area contributed by atoms with Crippen molar-refractivity contribution < 1.29 is 14.6 Å². The predicted octanol–water partition coefficient (Wildman–Crippen LogP) is 3.18. The number of carbonyl (C=O) groups excluding carboxylic acids is 1. The molecular formula is C20H23N3O3. The first kappa shape index (κ1) is 17.9. The molecule has 6 heteroatoms. The van der Waals surface area contributed by atoms with Gasteiger partial charge in [0.2, 0.25) is 0 Å². The largest absolute Gasteiger partial charge is 0.507 e. The molecule has 2 heterocycles. The number of nitrogens with zero attached hydrogens (tertiary/aromatic N) is 3. The monoisotopic (exact) mass is 353 g/mol. The van der Waals surface area contributed by atoms with Crippen molar-refractivity contribution in [2.45, 2.75) is 13.5 Å². The van der Waals surface area contributed by atoms with E-state index in [0.29, 0.717) is 29.7 Å². The van der Waals surface area contributed by atoms with Crippen molar-refractivity contribution in [2.75, 3.05) is 20.7 Å². The van der Waals surface area contributed by atoms with Crippen LogP contribution in [-0.2, 0) is 18.3 Å². The maximum absolute atomic E-state index is 12.6. The summed E-state index contributed by atoms with van der Waals surface area (Å²) in [7, 11) is 5.83. The Morgan fingerprint density at radius 3 is 2.58 bits per heavy atom. The highest BCUT2D eigenvalue weighted by Crippen LogP contribution is 2.37. The number of pyridine rings is 1. The highest BCUT2D eigenvalue weighted by molar-refractivity contribution is 6.07. The van der Waals surface area contributed by atoms with Crippen molar-refractivity contribution in [1.29, 1.82) is 0 Å². The molecule has 1 aromatic carbocycles. The molecule has 0 saturated heterocycles. The van der Waals surface area contributed by atoms with Crippen LogP contribution in [0.15, 0.2) is 36.7 Å². The zero-order valence-corrected chi connectivity index (χ0v) is 15.5. The van der Waals surface area contributed by atoms with Gasteiger partial charge in [0.25, 0.3) is 0 Å². The van der Waals surface area contributed by atoms with E-state index in [0.717, 1.165) is 16.8 Å². The minimum atomic E-state index is -0.369. The second kappa shape index (κ2) is 7.17. The normalized spacial score (nSPS) is 11.3. The Labute approximate surface area is 152 Å². The number of phenols is 1. The van der Waals surface area contributed by atoms with Crippen LogP contribution in [0.25, 0.3) is 22.0 Å². The van der Waals surface area contributed by atoms with Gasteiger partial charge in [0.1, 0.15) is 5.75 Å². The van der Waals surface area contributed by atoms with Gasteiger partial charge in [0.05, 0.1) is 12.2 Å². The fourth-order valence-electron chi connectivity index (χ4n) is 3.20. The molecule has 0 unspecified atom stereocenters. The molecule has 0 spiro atoms. The zero-order valence-electron chi connectivity index (χ0n) is 15.5. The number of phenolic OH excluding ortho intramolecular Hbond substituents is 1. The maximum Gasteiger partial charge on any atom is 0.340 e. The standard InChI is InChI=1S/C20H23N3O3/c1-5-26-20(25)19-15-11-18(24)14(13-6-8-21-9-7-13)10-16(15)23(4)17(19)12-22(2)3/h6-11,24H,5,12H2,1-4H3. The van der Waals surface area contributed by atoms with E-state index >= 15 is 0 Å². The number of aromatic nitrogens is 2. The SMILES string of the molecule is CCOC(=O)c1c(CN(C)C)n(C)c2cc(-c3ccncc3)c(O)cc12. The molecule has 0 radical (unpaired) electrons. The lowest BCUT2D eigenvalue weighted by atomic mass is 10.0. The lowest BCUT2D eigenvalue weighted by Gasteiger charge is -2.13. The first-order valence-electron chi connectivity index (χ1n) is 8.50. The minimum absolute atomic E-state index is 0.122. The van der Waals surface area contributed by atoms with Crippen molar-refractivity contribution >= 4 is 16.9 Å². The Morgan fingerprint density at radius 2 is 1.96 bits per heavy atom. The molecule has 26 heavy (non-hydrogen) atoms. The Balaban J connectivity index is 2.28. The molecule has 0 aliphatic rings. The number of hydrogen-bond donors (Lipinski definition) is 1. The van der Waals surface area contributed by atoms with Gasteiger partial charge in [-0.1, -0.05) is 0 Å². The number of hydrogen-bond acceptors (Lipinski definition) is 5. The fourth-order valence-corrected chi connectivity index (χ4v) is 3.20. The number of aryl methyl sites for hydroxylation is 1. The maximum atomic E-state index is 12.6. The van der Waals surface area contributed by atoms with Gasteiger partial charge in [0.15, 0.2) is 0 Å². The smallest absolute Gasteiger partial charge is 0.340 e. The summed E-state index contributed by atoms with van der Waals surface area (Å²) < 4.78 is 7.26. The molecule has 136 valence electrons. The van der Waals surface area contributed by atoms with Crippen LogP contribution in [0.2, 0.25) is 0 Å². The first-order valence-corrected chi connectivity index (χ1v) is 8.50. The fraction of sp³-hybridized carbons (Fsp3) is 0.300. The molecule has 3 rings (SSSR count). The number of ether oxygens (including phenoxy) is 1. The van der Waals surface area contributed by atoms with Crippen LogP contribution in [-0.4, -0.2) is 46.2 Å². The van der Waals surface area contributed by atoms with Crippen LogP contribution >= 0.6 is 0 Å². The predicted molar refractivity (Wildman–Crippen MR) is 101 cm³/mol. The van der Waals surface area contributed by atoms with E-state index in [4.69, 9.17) is 4.74 Å². The van der Waals surface area contributed by atoms with E-state index in [1.54, 1.807) is 25.4 Å². The molecule has 0 aliphatic heterocycles. The first-order chi connectivity index (χ1) is 12.4. The molecule has 0 bridgehead atoms. The third-order valence-corrected chi connectivity index (χ3v) is 4.38. The summed E-state index contributed by atoms with van der Waals surface area (Å²) in [4.78, 5) is 18.6. The highest BCUT2D eigenvalue weighted by atomic mass is 16.5. The third-order valence-electron chi connectivity index (χ3n) is 4.38. The van der Waals surface area contributed by atoms with Gasteiger partial charge in [-0.05, 0) is 50.8 Å². The van der Waals surface area contributed by atoms with E-state index in [9.17, 15) is 9.90 Å². The average molecular weight is 353 g/mol. The van der Waals surface area contributed by atoms with Gasteiger partial charge >= 0.3 is 5.97 Å². The third kappa shape index (κ3) is 3.15. The van der Waals surface area contributed by atoms with Crippen molar-refractivity contribution in [1.82, 2.24) is 14.5 Å². The van der Waals surface area contributed by atoms with Crippen LogP contribution in [0.5, 0.6) is 5.75 Å². The molecular weight excluding hydrogens is 330 g/mol. The molecule has 0 amide bonds. The van der Waals surface area contributed by atoms with E-state index in [1.165, 1.54) is 0 Å². The zero-order chi connectivity index (χ0) is 18.8. The van der Waals surface area contributed by atoms with E-state index in [-0.39, 0.29) is 11.7 Å². The van der Waals surface area contributed by atoms with Crippen molar-refractivity contribution in [3.63, 3.8) is 0 Å². The van der Waals surface area contributed by atoms with Crippen molar-refractivity contribution in [3.05, 3.63) is 47.9 Å². The molecule has 0 fully saturated rings. The summed E-state index contributed by atoms with van der Waals surface area (Å²) in [6.07, 6.45) is 3.37. The number of benzene rings is 1. The Kier molecular flexibility index (Phi) is 4.95. The van der Waals surface area contributed by atoms with Crippen molar-refractivity contribution in [2.24, 2.45) is 7.05 Å². The molecule has 1 N–H and O–H groups in total. The minimum Gasteiger partial charge on any atom is -0.507 e. The van der Waals surface area contributed by atoms with Gasteiger partial charge in [-0.2, -0.15) is 0 Å². The van der Waals surface area contributed by atoms with Gasteiger partial charge in [-0.25, -0.2) is 4.79 Å². The summed E-state index contributed by atoms with van der Waals surface area (Å²) in [6, 6.07) is 7.24. The molecule has 6 nitrogen and oxygen atoms in total. The summed E-state index contributed by atoms with van der Waals surface area (Å²) in [5.41, 5.74) is 3.80. The van der Waals surface area contributed by atoms with Crippen LogP contribution in [0.1, 0.15) is 23.0 Å². The van der Waals surface area contributed by atoms with Crippen LogP contribution < -0.4 is 0 Å². The van der Waals surface area contributed by atoms with E-state index in [1.807, 2.05) is 48.8 Å². The topological polar surface area (TPSA) is 67.6 Å². The average Bonchev–Trinajstić information content (AvgIpc) is 2.86. The van der Waals surface area contributed by atoms with Crippen LogP contribution in [0, 0.1) is 0 Å². The Hall–Kier alpha value is -2.86.